The molecule has 0 aliphatic heterocycles. The van der Waals surface area contributed by atoms with Gasteiger partial charge in [0.1, 0.15) is 0 Å². The van der Waals surface area contributed by atoms with Gasteiger partial charge in [0.2, 0.25) is 0 Å². The lowest BCUT2D eigenvalue weighted by molar-refractivity contribution is 0.326. The summed E-state index contributed by atoms with van der Waals surface area (Å²) in [6, 6.07) is 1.40. The molecule has 2 nitrogen and oxygen atoms in total. The van der Waals surface area contributed by atoms with Gasteiger partial charge in [-0.25, -0.2) is 9.37 Å². The number of aromatic nitrogens is 1. The average molecular weight is 324 g/mol. The van der Waals surface area contributed by atoms with Crippen LogP contribution in [0.3, 0.4) is 0 Å². The highest BCUT2D eigenvalue weighted by molar-refractivity contribution is 9.10. The smallest absolute Gasteiger partial charge is 0.166 e. The predicted octanol–water partition coefficient (Wildman–Crippen LogP) is 4.44. The number of nitrogens with one attached hydrogen (secondary N) is 1. The lowest BCUT2D eigenvalue weighted by Crippen LogP contribution is -2.30. The van der Waals surface area contributed by atoms with E-state index in [2.05, 4.69) is 40.1 Å². The summed E-state index contributed by atoms with van der Waals surface area (Å²) in [6.45, 7) is 4.83. The van der Waals surface area contributed by atoms with Gasteiger partial charge in [0, 0.05) is 28.5 Å². The Morgan fingerprint density at radius 2 is 2.12 bits per heavy atom. The minimum absolute atomic E-state index is 0.00273. The van der Waals surface area contributed by atoms with Crippen molar-refractivity contribution in [3.8, 4) is 0 Å². The van der Waals surface area contributed by atoms with Gasteiger partial charge in [-0.3, -0.25) is 0 Å². The number of alkyl halides is 1. The molecule has 0 radical (unpaired) electrons. The number of rotatable bonds is 6. The zero-order chi connectivity index (χ0) is 12.9. The summed E-state index contributed by atoms with van der Waals surface area (Å²) in [5.41, 5.74) is 0.00273. The minimum Gasteiger partial charge on any atom is -0.367 e. The first-order valence-corrected chi connectivity index (χ1v) is 7.00. The normalized spacial score (nSPS) is 11.6. The van der Waals surface area contributed by atoms with Gasteiger partial charge in [-0.05, 0) is 34.8 Å². The fourth-order valence-electron chi connectivity index (χ4n) is 1.55. The number of hydrogen-bond acceptors (Lipinski definition) is 2. The molecule has 0 unspecified atom stereocenters. The summed E-state index contributed by atoms with van der Waals surface area (Å²) < 4.78 is 14.2. The van der Waals surface area contributed by atoms with Crippen molar-refractivity contribution in [3.05, 3.63) is 22.6 Å². The zero-order valence-electron chi connectivity index (χ0n) is 10.1. The summed E-state index contributed by atoms with van der Waals surface area (Å²) in [4.78, 5) is 4.01. The molecular formula is C12H17BrClFN2. The first-order chi connectivity index (χ1) is 8.06. The molecule has 0 bridgehead atoms. The van der Waals surface area contributed by atoms with Crippen LogP contribution in [0.5, 0.6) is 0 Å². The van der Waals surface area contributed by atoms with Crippen molar-refractivity contribution >= 4 is 33.3 Å². The van der Waals surface area contributed by atoms with E-state index < -0.39 is 0 Å². The van der Waals surface area contributed by atoms with Crippen LogP contribution < -0.4 is 5.32 Å². The second kappa shape index (κ2) is 6.55. The highest BCUT2D eigenvalue weighted by atomic mass is 79.9. The second-order valence-electron chi connectivity index (χ2n) is 4.18. The standard InChI is InChI=1S/C12H17BrClFN2/c1-3-12(4-2,7-14)8-17-11-10(15)5-9(13)6-16-11/h5-6H,3-4,7-8H2,1-2H3,(H,16,17). The lowest BCUT2D eigenvalue weighted by atomic mass is 9.84. The summed E-state index contributed by atoms with van der Waals surface area (Å²) in [6.07, 6.45) is 3.49. The fourth-order valence-corrected chi connectivity index (χ4v) is 2.33. The van der Waals surface area contributed by atoms with E-state index in [1.807, 2.05) is 0 Å². The molecule has 1 rings (SSSR count). The molecule has 0 spiro atoms. The molecule has 0 aromatic carbocycles. The van der Waals surface area contributed by atoms with E-state index >= 15 is 0 Å². The minimum atomic E-state index is -0.352. The van der Waals surface area contributed by atoms with Crippen molar-refractivity contribution in [3.63, 3.8) is 0 Å². The van der Waals surface area contributed by atoms with Crippen molar-refractivity contribution in [2.45, 2.75) is 26.7 Å². The quantitative estimate of drug-likeness (QED) is 0.783. The van der Waals surface area contributed by atoms with Gasteiger partial charge in [0.15, 0.2) is 11.6 Å². The number of anilines is 1. The van der Waals surface area contributed by atoms with Crippen LogP contribution in [0.2, 0.25) is 0 Å². The molecule has 1 aromatic rings. The van der Waals surface area contributed by atoms with Crippen LogP contribution in [0.25, 0.3) is 0 Å². The van der Waals surface area contributed by atoms with Gasteiger partial charge in [0.05, 0.1) is 0 Å². The van der Waals surface area contributed by atoms with Crippen LogP contribution >= 0.6 is 27.5 Å². The number of hydrogen-bond donors (Lipinski definition) is 1. The van der Waals surface area contributed by atoms with Crippen molar-refractivity contribution in [2.75, 3.05) is 17.7 Å². The third-order valence-corrected chi connectivity index (χ3v) is 4.22. The first kappa shape index (κ1) is 14.7. The van der Waals surface area contributed by atoms with E-state index in [0.717, 1.165) is 12.8 Å². The molecule has 1 N–H and O–H groups in total. The molecule has 0 aliphatic rings. The largest absolute Gasteiger partial charge is 0.367 e. The van der Waals surface area contributed by atoms with E-state index in [4.69, 9.17) is 11.6 Å². The summed E-state index contributed by atoms with van der Waals surface area (Å²) in [7, 11) is 0. The molecule has 1 aromatic heterocycles. The lowest BCUT2D eigenvalue weighted by Gasteiger charge is -2.29. The van der Waals surface area contributed by atoms with Crippen LogP contribution in [0.1, 0.15) is 26.7 Å². The monoisotopic (exact) mass is 322 g/mol. The van der Waals surface area contributed by atoms with Gasteiger partial charge in [-0.2, -0.15) is 0 Å². The van der Waals surface area contributed by atoms with Crippen LogP contribution in [-0.4, -0.2) is 17.4 Å². The molecule has 0 amide bonds. The Morgan fingerprint density at radius 1 is 1.47 bits per heavy atom. The number of halogens is 3. The van der Waals surface area contributed by atoms with Crippen molar-refractivity contribution in [1.29, 1.82) is 0 Å². The van der Waals surface area contributed by atoms with Crippen LogP contribution in [0.15, 0.2) is 16.7 Å². The topological polar surface area (TPSA) is 24.9 Å². The SMILES string of the molecule is CCC(CC)(CCl)CNc1ncc(Br)cc1F. The number of nitrogens with zero attached hydrogens (tertiary/aromatic N) is 1. The average Bonchev–Trinajstić information content (AvgIpc) is 2.33. The summed E-state index contributed by atoms with van der Waals surface area (Å²) in [5.74, 6) is 0.491. The van der Waals surface area contributed by atoms with Crippen molar-refractivity contribution in [2.24, 2.45) is 5.41 Å². The van der Waals surface area contributed by atoms with E-state index in [1.54, 1.807) is 6.20 Å². The van der Waals surface area contributed by atoms with E-state index in [1.165, 1.54) is 6.07 Å². The molecule has 0 atom stereocenters. The molecular weight excluding hydrogens is 307 g/mol. The Hall–Kier alpha value is -0.350. The third-order valence-electron chi connectivity index (χ3n) is 3.22. The number of pyridine rings is 1. The molecule has 5 heteroatoms. The molecule has 1 heterocycles. The predicted molar refractivity (Wildman–Crippen MR) is 74.1 cm³/mol. The fraction of sp³-hybridized carbons (Fsp3) is 0.583. The highest BCUT2D eigenvalue weighted by Gasteiger charge is 2.25. The van der Waals surface area contributed by atoms with Gasteiger partial charge >= 0.3 is 0 Å². The molecule has 96 valence electrons. The van der Waals surface area contributed by atoms with E-state index in [0.29, 0.717) is 16.9 Å². The maximum absolute atomic E-state index is 13.5. The molecule has 17 heavy (non-hydrogen) atoms. The Morgan fingerprint density at radius 3 is 2.59 bits per heavy atom. The van der Waals surface area contributed by atoms with Gasteiger partial charge in [-0.1, -0.05) is 13.8 Å². The maximum atomic E-state index is 13.5. The highest BCUT2D eigenvalue weighted by Crippen LogP contribution is 2.28. The van der Waals surface area contributed by atoms with Crippen LogP contribution in [0, 0.1) is 11.2 Å². The molecule has 0 aliphatic carbocycles. The van der Waals surface area contributed by atoms with Crippen molar-refractivity contribution < 1.29 is 4.39 Å². The summed E-state index contributed by atoms with van der Waals surface area (Å²) in [5, 5.41) is 3.04. The second-order valence-corrected chi connectivity index (χ2v) is 5.36. The third kappa shape index (κ3) is 3.81. The van der Waals surface area contributed by atoms with Crippen LogP contribution in [-0.2, 0) is 0 Å². The van der Waals surface area contributed by atoms with Gasteiger partial charge in [0.25, 0.3) is 0 Å². The summed E-state index contributed by atoms with van der Waals surface area (Å²) >= 11 is 9.17. The maximum Gasteiger partial charge on any atom is 0.166 e. The Balaban J connectivity index is 2.72. The molecule has 0 saturated carbocycles. The van der Waals surface area contributed by atoms with Crippen molar-refractivity contribution in [1.82, 2.24) is 4.98 Å². The Bertz CT molecular complexity index is 361. The van der Waals surface area contributed by atoms with Crippen LogP contribution in [0.4, 0.5) is 10.2 Å². The Labute approximate surface area is 115 Å². The van der Waals surface area contributed by atoms with Gasteiger partial charge < -0.3 is 5.32 Å². The van der Waals surface area contributed by atoms with E-state index in [-0.39, 0.29) is 17.1 Å². The first-order valence-electron chi connectivity index (χ1n) is 5.68. The van der Waals surface area contributed by atoms with Gasteiger partial charge in [-0.15, -0.1) is 11.6 Å². The zero-order valence-corrected chi connectivity index (χ0v) is 12.4. The Kier molecular flexibility index (Phi) is 5.67. The molecule has 0 fully saturated rings. The molecule has 0 saturated heterocycles. The van der Waals surface area contributed by atoms with E-state index in [9.17, 15) is 4.39 Å².